The van der Waals surface area contributed by atoms with Gasteiger partial charge in [0.1, 0.15) is 10.4 Å². The number of rotatable bonds is 2. The lowest BCUT2D eigenvalue weighted by molar-refractivity contribution is 0.0636. The Morgan fingerprint density at radius 2 is 1.91 bits per heavy atom. The summed E-state index contributed by atoms with van der Waals surface area (Å²) in [6, 6.07) is 1.93. The van der Waals surface area contributed by atoms with Gasteiger partial charge in [-0.25, -0.2) is 9.78 Å². The highest BCUT2D eigenvalue weighted by Gasteiger charge is 2.23. The molecule has 0 aromatic carbocycles. The zero-order chi connectivity index (χ0) is 16.7. The summed E-state index contributed by atoms with van der Waals surface area (Å²) in [4.78, 5) is 29.6. The van der Waals surface area contributed by atoms with Crippen LogP contribution in [0.1, 0.15) is 48.6 Å². The van der Waals surface area contributed by atoms with E-state index < -0.39 is 11.7 Å². The van der Waals surface area contributed by atoms with Gasteiger partial charge < -0.3 is 4.74 Å². The molecule has 22 heavy (non-hydrogen) atoms. The maximum atomic E-state index is 12.1. The number of hydrogen-bond donors (Lipinski definition) is 1. The number of nitrogens with one attached hydrogen (secondary N) is 1. The molecule has 0 atom stereocenters. The van der Waals surface area contributed by atoms with E-state index in [9.17, 15) is 9.59 Å². The van der Waals surface area contributed by atoms with Crippen LogP contribution in [-0.2, 0) is 4.74 Å². The number of aromatic nitrogens is 1. The predicted molar refractivity (Wildman–Crippen MR) is 89.0 cm³/mol. The van der Waals surface area contributed by atoms with Gasteiger partial charge in [-0.2, -0.15) is 0 Å². The van der Waals surface area contributed by atoms with Crippen molar-refractivity contribution in [3.8, 4) is 0 Å². The highest BCUT2D eigenvalue weighted by atomic mass is 32.1. The molecule has 0 fully saturated rings. The molecule has 0 unspecified atom stereocenters. The van der Waals surface area contributed by atoms with Crippen molar-refractivity contribution < 1.29 is 14.3 Å². The highest BCUT2D eigenvalue weighted by Crippen LogP contribution is 2.37. The van der Waals surface area contributed by atoms with E-state index >= 15 is 0 Å². The van der Waals surface area contributed by atoms with E-state index in [1.165, 1.54) is 18.3 Å². The number of carbonyl (C=O) groups is 2. The molecule has 0 radical (unpaired) electrons. The number of amides is 1. The zero-order valence-corrected chi connectivity index (χ0v) is 14.5. The normalized spacial score (nSPS) is 11.5. The Morgan fingerprint density at radius 1 is 1.27 bits per heavy atom. The molecule has 0 saturated carbocycles. The van der Waals surface area contributed by atoms with Crippen molar-refractivity contribution in [2.45, 2.75) is 47.1 Å². The van der Waals surface area contributed by atoms with E-state index in [2.05, 4.69) is 10.3 Å². The Labute approximate surface area is 133 Å². The van der Waals surface area contributed by atoms with Gasteiger partial charge in [0.15, 0.2) is 5.78 Å². The molecule has 2 aromatic heterocycles. The summed E-state index contributed by atoms with van der Waals surface area (Å²) in [5.74, 6) is -0.105. The molecule has 0 aliphatic rings. The van der Waals surface area contributed by atoms with Gasteiger partial charge in [-0.15, -0.1) is 11.3 Å². The van der Waals surface area contributed by atoms with Gasteiger partial charge >= 0.3 is 6.09 Å². The van der Waals surface area contributed by atoms with Crippen LogP contribution in [0.15, 0.2) is 6.07 Å². The van der Waals surface area contributed by atoms with Crippen molar-refractivity contribution >= 4 is 39.1 Å². The van der Waals surface area contributed by atoms with Gasteiger partial charge in [0.05, 0.1) is 10.6 Å². The Morgan fingerprint density at radius 3 is 2.45 bits per heavy atom. The van der Waals surface area contributed by atoms with E-state index in [1.54, 1.807) is 20.8 Å². The number of hydrogen-bond acceptors (Lipinski definition) is 5. The second-order valence-electron chi connectivity index (χ2n) is 6.25. The molecule has 0 aliphatic heterocycles. The first kappa shape index (κ1) is 16.4. The SMILES string of the molecule is CC(=O)c1sc2nc(C)cc(C)c2c1NC(=O)OC(C)(C)C. The van der Waals surface area contributed by atoms with Gasteiger partial charge in [-0.3, -0.25) is 10.1 Å². The van der Waals surface area contributed by atoms with Crippen molar-refractivity contribution in [3.05, 3.63) is 22.2 Å². The van der Waals surface area contributed by atoms with Crippen molar-refractivity contribution in [2.75, 3.05) is 5.32 Å². The summed E-state index contributed by atoms with van der Waals surface area (Å²) >= 11 is 1.29. The summed E-state index contributed by atoms with van der Waals surface area (Å²) in [6.07, 6.45) is -0.574. The maximum Gasteiger partial charge on any atom is 0.412 e. The predicted octanol–water partition coefficient (Wildman–Crippen LogP) is 4.46. The van der Waals surface area contributed by atoms with Gasteiger partial charge in [-0.05, 0) is 46.2 Å². The third-order valence-electron chi connectivity index (χ3n) is 2.93. The number of anilines is 1. The molecule has 2 heterocycles. The summed E-state index contributed by atoms with van der Waals surface area (Å²) in [6.45, 7) is 10.7. The van der Waals surface area contributed by atoms with Crippen molar-refractivity contribution in [2.24, 2.45) is 0 Å². The first-order valence-electron chi connectivity index (χ1n) is 7.00. The van der Waals surface area contributed by atoms with Gasteiger partial charge in [0.2, 0.25) is 0 Å². The molecule has 0 saturated heterocycles. The van der Waals surface area contributed by atoms with Crippen LogP contribution >= 0.6 is 11.3 Å². The minimum atomic E-state index is -0.601. The van der Waals surface area contributed by atoms with Crippen molar-refractivity contribution in [1.82, 2.24) is 4.98 Å². The number of aryl methyl sites for hydroxylation is 2. The molecule has 0 spiro atoms. The second-order valence-corrected chi connectivity index (χ2v) is 7.25. The molecule has 0 aliphatic carbocycles. The number of carbonyl (C=O) groups excluding carboxylic acids is 2. The fraction of sp³-hybridized carbons (Fsp3) is 0.438. The summed E-state index contributed by atoms with van der Waals surface area (Å²) in [5, 5.41) is 3.52. The van der Waals surface area contributed by atoms with Crippen LogP contribution in [0.5, 0.6) is 0 Å². The Kier molecular flexibility index (Phi) is 4.24. The monoisotopic (exact) mass is 320 g/mol. The number of ether oxygens (including phenoxy) is 1. The van der Waals surface area contributed by atoms with Crippen molar-refractivity contribution in [3.63, 3.8) is 0 Å². The standard InChI is InChI=1S/C16H20N2O3S/c1-8-7-9(2)17-14-11(8)12(13(22-14)10(3)19)18-15(20)21-16(4,5)6/h7H,1-6H3,(H,18,20). The highest BCUT2D eigenvalue weighted by molar-refractivity contribution is 7.21. The average molecular weight is 320 g/mol. The van der Waals surface area contributed by atoms with Crippen LogP contribution in [-0.4, -0.2) is 22.5 Å². The molecule has 2 aromatic rings. The molecule has 118 valence electrons. The number of Topliss-reactive ketones (excluding diaryl/α,β-unsaturated/α-hetero) is 1. The first-order valence-corrected chi connectivity index (χ1v) is 7.82. The average Bonchev–Trinajstić information content (AvgIpc) is 2.65. The summed E-state index contributed by atoms with van der Waals surface area (Å²) in [7, 11) is 0. The third kappa shape index (κ3) is 3.44. The molecule has 6 heteroatoms. The molecule has 1 N–H and O–H groups in total. The van der Waals surface area contributed by atoms with Crippen LogP contribution in [0.2, 0.25) is 0 Å². The maximum absolute atomic E-state index is 12.1. The first-order chi connectivity index (χ1) is 10.1. The van der Waals surface area contributed by atoms with Gasteiger partial charge in [0, 0.05) is 18.0 Å². The van der Waals surface area contributed by atoms with E-state index in [0.717, 1.165) is 21.5 Å². The summed E-state index contributed by atoms with van der Waals surface area (Å²) in [5.41, 5.74) is 1.74. The van der Waals surface area contributed by atoms with Crippen LogP contribution < -0.4 is 5.32 Å². The lowest BCUT2D eigenvalue weighted by Crippen LogP contribution is -2.27. The van der Waals surface area contributed by atoms with Crippen LogP contribution in [0.3, 0.4) is 0 Å². The molecular weight excluding hydrogens is 300 g/mol. The van der Waals surface area contributed by atoms with E-state index in [-0.39, 0.29) is 5.78 Å². The lowest BCUT2D eigenvalue weighted by Gasteiger charge is -2.20. The minimum absolute atomic E-state index is 0.105. The molecular formula is C16H20N2O3S. The fourth-order valence-electron chi connectivity index (χ4n) is 2.21. The zero-order valence-electron chi connectivity index (χ0n) is 13.7. The largest absolute Gasteiger partial charge is 0.444 e. The molecule has 0 bridgehead atoms. The molecule has 1 amide bonds. The number of fused-ring (bicyclic) bond motifs is 1. The quantitative estimate of drug-likeness (QED) is 0.829. The third-order valence-corrected chi connectivity index (χ3v) is 4.12. The smallest absolute Gasteiger partial charge is 0.412 e. The molecule has 2 rings (SSSR count). The van der Waals surface area contributed by atoms with E-state index in [0.29, 0.717) is 10.6 Å². The number of nitrogens with zero attached hydrogens (tertiary/aromatic N) is 1. The van der Waals surface area contributed by atoms with Crippen LogP contribution in [0, 0.1) is 13.8 Å². The van der Waals surface area contributed by atoms with E-state index in [4.69, 9.17) is 4.74 Å². The van der Waals surface area contributed by atoms with E-state index in [1.807, 2.05) is 19.9 Å². The van der Waals surface area contributed by atoms with Crippen LogP contribution in [0.25, 0.3) is 10.2 Å². The fourth-order valence-corrected chi connectivity index (χ4v) is 3.36. The Hall–Kier alpha value is -1.95. The number of ketones is 1. The summed E-state index contributed by atoms with van der Waals surface area (Å²) < 4.78 is 5.28. The second kappa shape index (κ2) is 5.68. The van der Waals surface area contributed by atoms with Crippen LogP contribution in [0.4, 0.5) is 10.5 Å². The Bertz CT molecular complexity index is 757. The molecule has 5 nitrogen and oxygen atoms in total. The minimum Gasteiger partial charge on any atom is -0.444 e. The van der Waals surface area contributed by atoms with Gasteiger partial charge in [-0.1, -0.05) is 0 Å². The van der Waals surface area contributed by atoms with Gasteiger partial charge in [0.25, 0.3) is 0 Å². The lowest BCUT2D eigenvalue weighted by atomic mass is 10.1. The Balaban J connectivity index is 2.53. The number of thiophene rings is 1. The van der Waals surface area contributed by atoms with Crippen molar-refractivity contribution in [1.29, 1.82) is 0 Å². The number of pyridine rings is 1. The topological polar surface area (TPSA) is 68.3 Å².